The summed E-state index contributed by atoms with van der Waals surface area (Å²) in [6.45, 7) is 0. The van der Waals surface area contributed by atoms with E-state index in [-0.39, 0.29) is 43.7 Å². The van der Waals surface area contributed by atoms with Crippen molar-refractivity contribution in [2.45, 2.75) is 0 Å². The number of thiophene rings is 1. The van der Waals surface area contributed by atoms with Crippen molar-refractivity contribution in [3.05, 3.63) is 42.5 Å². The third-order valence-corrected chi connectivity index (χ3v) is 8.05. The van der Waals surface area contributed by atoms with Crippen molar-refractivity contribution in [2.24, 2.45) is 0 Å². The van der Waals surface area contributed by atoms with E-state index >= 15 is 0 Å². The van der Waals surface area contributed by atoms with Crippen LogP contribution in [0.2, 0.25) is 0 Å². The summed E-state index contributed by atoms with van der Waals surface area (Å²) in [5.41, 5.74) is 2.11. The van der Waals surface area contributed by atoms with Crippen LogP contribution in [0.25, 0.3) is 47.7 Å². The Morgan fingerprint density at radius 3 is 1.89 bits per heavy atom. The lowest BCUT2D eigenvalue weighted by Crippen LogP contribution is -2.56. The Bertz CT molecular complexity index is 1910. The van der Waals surface area contributed by atoms with Crippen molar-refractivity contribution >= 4 is 159 Å². The monoisotopic (exact) mass is 463 g/mol. The summed E-state index contributed by atoms with van der Waals surface area (Å²) in [6.07, 6.45) is 0. The van der Waals surface area contributed by atoms with Crippen LogP contribution in [-0.4, -0.2) is 76.7 Å². The molecule has 6 aromatic rings. The minimum absolute atomic E-state index is 0.00855. The molecule has 0 atom stereocenters. The first-order chi connectivity index (χ1) is 17.1. The quantitative estimate of drug-likeness (QED) is 0.262. The van der Waals surface area contributed by atoms with Gasteiger partial charge < -0.3 is 14.6 Å². The molecule has 0 saturated carbocycles. The third-order valence-electron chi connectivity index (χ3n) is 6.84. The fourth-order valence-corrected chi connectivity index (χ4v) is 6.35. The van der Waals surface area contributed by atoms with E-state index in [0.29, 0.717) is 21.8 Å². The lowest BCUT2D eigenvalue weighted by Gasteiger charge is -2.18. The number of aromatic nitrogens is 1. The largest absolute Gasteiger partial charge is 0.487 e. The van der Waals surface area contributed by atoms with E-state index in [2.05, 4.69) is 12.1 Å². The summed E-state index contributed by atoms with van der Waals surface area (Å²) < 4.78 is 3.91. The molecule has 2 heterocycles. The Hall–Kier alpha value is -2.66. The Morgan fingerprint density at radius 1 is 0.611 bits per heavy atom. The van der Waals surface area contributed by atoms with E-state index in [4.69, 9.17) is 54.9 Å². The standard InChI is InChI=1S/C24H9B8NO2S/c25-14-12-13-15(26)21(32(34)35)18(29)20(31)23(13)33(22(12)19(30)17(28)16(14)27)10-6-3-5-9-8-4-1-2-7-11(8)36-24(9)10/h1-7,34-35H. The van der Waals surface area contributed by atoms with Gasteiger partial charge in [0.1, 0.15) is 54.9 Å². The van der Waals surface area contributed by atoms with Crippen LogP contribution in [0.3, 0.4) is 0 Å². The molecule has 0 spiro atoms. The molecule has 0 saturated heterocycles. The minimum atomic E-state index is -1.97. The molecular weight excluding hydrogens is 453 g/mol. The van der Waals surface area contributed by atoms with E-state index in [1.807, 2.05) is 34.9 Å². The van der Waals surface area contributed by atoms with Crippen LogP contribution >= 0.6 is 11.3 Å². The fourth-order valence-electron chi connectivity index (χ4n) is 5.14. The SMILES string of the molecule is [B]c1c([B])c([B])c2c(c1[B])c1c([B])c(B(O)O)c([B])c([B])c1n2-c1cccc2c1sc1ccccc12. The summed E-state index contributed by atoms with van der Waals surface area (Å²) in [5, 5.41) is 23.0. The second kappa shape index (κ2) is 8.17. The maximum absolute atomic E-state index is 10.0. The van der Waals surface area contributed by atoms with E-state index in [9.17, 15) is 10.0 Å². The van der Waals surface area contributed by atoms with E-state index < -0.39 is 7.12 Å². The second-order valence-corrected chi connectivity index (χ2v) is 9.77. The normalized spacial score (nSPS) is 11.8. The van der Waals surface area contributed by atoms with Crippen molar-refractivity contribution < 1.29 is 10.0 Å². The molecule has 0 aliphatic heterocycles. The van der Waals surface area contributed by atoms with Gasteiger partial charge in [0.25, 0.3) is 0 Å². The molecule has 14 radical (unpaired) electrons. The first-order valence-electron chi connectivity index (χ1n) is 11.0. The summed E-state index contributed by atoms with van der Waals surface area (Å²) >= 11 is 1.61. The van der Waals surface area contributed by atoms with Crippen molar-refractivity contribution in [1.82, 2.24) is 4.57 Å². The Morgan fingerprint density at radius 2 is 1.19 bits per heavy atom. The van der Waals surface area contributed by atoms with Crippen LogP contribution in [0, 0.1) is 0 Å². The molecule has 3 nitrogen and oxygen atoms in total. The predicted octanol–water partition coefficient (Wildman–Crippen LogP) is -3.61. The molecule has 0 bridgehead atoms. The molecule has 4 aromatic carbocycles. The van der Waals surface area contributed by atoms with Crippen LogP contribution < -0.4 is 43.7 Å². The Labute approximate surface area is 221 Å². The summed E-state index contributed by atoms with van der Waals surface area (Å²) in [5.74, 6) is 0. The van der Waals surface area contributed by atoms with Gasteiger partial charge in [-0.1, -0.05) is 52.2 Å². The first kappa shape index (κ1) is 23.7. The molecule has 152 valence electrons. The topological polar surface area (TPSA) is 45.4 Å². The number of nitrogens with zero attached hydrogens (tertiary/aromatic N) is 1. The van der Waals surface area contributed by atoms with Crippen molar-refractivity contribution in [3.63, 3.8) is 0 Å². The van der Waals surface area contributed by atoms with Gasteiger partial charge in [-0.3, -0.25) is 0 Å². The van der Waals surface area contributed by atoms with Crippen LogP contribution in [0.4, 0.5) is 0 Å². The van der Waals surface area contributed by atoms with Crippen LogP contribution in [-0.2, 0) is 0 Å². The third kappa shape index (κ3) is 2.98. The van der Waals surface area contributed by atoms with Gasteiger partial charge in [0.15, 0.2) is 0 Å². The van der Waals surface area contributed by atoms with Gasteiger partial charge in [0.2, 0.25) is 0 Å². The lowest BCUT2D eigenvalue weighted by molar-refractivity contribution is 0.426. The van der Waals surface area contributed by atoms with Crippen molar-refractivity contribution in [2.75, 3.05) is 0 Å². The highest BCUT2D eigenvalue weighted by Gasteiger charge is 2.27. The Kier molecular flexibility index (Phi) is 5.39. The molecule has 0 aliphatic rings. The van der Waals surface area contributed by atoms with E-state index in [1.54, 1.807) is 11.3 Å². The molecule has 36 heavy (non-hydrogen) atoms. The molecule has 6 rings (SSSR count). The van der Waals surface area contributed by atoms with Crippen LogP contribution in [0.15, 0.2) is 42.5 Å². The molecule has 12 heteroatoms. The summed E-state index contributed by atoms with van der Waals surface area (Å²) in [4.78, 5) is 0. The first-order valence-corrected chi connectivity index (χ1v) is 11.8. The molecule has 0 fully saturated rings. The number of hydrogen-bond acceptors (Lipinski definition) is 3. The van der Waals surface area contributed by atoms with Crippen LogP contribution in [0.1, 0.15) is 0 Å². The molecule has 0 unspecified atom stereocenters. The highest BCUT2D eigenvalue weighted by atomic mass is 32.1. The number of fused-ring (bicyclic) bond motifs is 6. The predicted molar refractivity (Wildman–Crippen MR) is 161 cm³/mol. The van der Waals surface area contributed by atoms with Crippen molar-refractivity contribution in [3.8, 4) is 5.69 Å². The van der Waals surface area contributed by atoms with Gasteiger partial charge in [0, 0.05) is 26.5 Å². The maximum Gasteiger partial charge on any atom is 0.487 e. The molecule has 2 N–H and O–H groups in total. The molecule has 0 aliphatic carbocycles. The average Bonchev–Trinajstić information content (AvgIpc) is 3.41. The highest BCUT2D eigenvalue weighted by molar-refractivity contribution is 7.26. The summed E-state index contributed by atoms with van der Waals surface area (Å²) in [7, 11) is 42.9. The Balaban J connectivity index is 1.95. The second-order valence-electron chi connectivity index (χ2n) is 8.72. The van der Waals surface area contributed by atoms with Gasteiger partial charge in [-0.25, -0.2) is 0 Å². The number of hydrogen-bond donors (Lipinski definition) is 2. The summed E-state index contributed by atoms with van der Waals surface area (Å²) in [6, 6.07) is 14.0. The van der Waals surface area contributed by atoms with Gasteiger partial charge in [0.05, 0.1) is 10.4 Å². The van der Waals surface area contributed by atoms with Crippen LogP contribution in [0.5, 0.6) is 0 Å². The smallest absolute Gasteiger partial charge is 0.423 e. The van der Waals surface area contributed by atoms with Gasteiger partial charge in [-0.15, -0.1) is 27.7 Å². The highest BCUT2D eigenvalue weighted by Crippen LogP contribution is 2.39. The maximum atomic E-state index is 10.0. The zero-order valence-electron chi connectivity index (χ0n) is 18.9. The minimum Gasteiger partial charge on any atom is -0.423 e. The average molecular weight is 462 g/mol. The zero-order valence-corrected chi connectivity index (χ0v) is 19.7. The zero-order chi connectivity index (χ0) is 25.6. The van der Waals surface area contributed by atoms with E-state index in [0.717, 1.165) is 25.9 Å². The number of rotatable bonds is 2. The van der Waals surface area contributed by atoms with Gasteiger partial charge >= 0.3 is 7.12 Å². The fraction of sp³-hybridized carbons (Fsp3) is 0. The lowest BCUT2D eigenvalue weighted by atomic mass is 9.59. The van der Waals surface area contributed by atoms with Gasteiger partial charge in [-0.2, -0.15) is 0 Å². The van der Waals surface area contributed by atoms with E-state index in [1.165, 1.54) is 0 Å². The molecular formula is C24H9B8NO2S. The molecule has 0 amide bonds. The molecule has 2 aromatic heterocycles. The van der Waals surface area contributed by atoms with Gasteiger partial charge in [-0.05, 0) is 28.4 Å². The van der Waals surface area contributed by atoms with Crippen molar-refractivity contribution in [1.29, 1.82) is 0 Å². The number of benzene rings is 4.